The van der Waals surface area contributed by atoms with Crippen LogP contribution in [0.25, 0.3) is 0 Å². The van der Waals surface area contributed by atoms with E-state index in [0.29, 0.717) is 5.69 Å². The molecule has 0 radical (unpaired) electrons. The number of benzene rings is 2. The Morgan fingerprint density at radius 3 is 2.21 bits per heavy atom. The highest BCUT2D eigenvalue weighted by molar-refractivity contribution is 7.89. The molecule has 1 aliphatic heterocycles. The molecule has 3 rings (SSSR count). The molecular weight excluding hydrogens is 382 g/mol. The fourth-order valence-corrected chi connectivity index (χ4v) is 4.60. The lowest BCUT2D eigenvalue weighted by Gasteiger charge is -2.38. The third-order valence-corrected chi connectivity index (χ3v) is 6.39. The van der Waals surface area contributed by atoms with Crippen LogP contribution in [0, 0.1) is 0 Å². The topological polar surface area (TPSA) is 96.0 Å². The van der Waals surface area contributed by atoms with Gasteiger partial charge in [-0.05, 0) is 24.3 Å². The normalized spacial score (nSPS) is 17.8. The van der Waals surface area contributed by atoms with Gasteiger partial charge in [-0.25, -0.2) is 13.2 Å². The van der Waals surface area contributed by atoms with Gasteiger partial charge in [-0.2, -0.15) is 4.31 Å². The lowest BCUT2D eigenvalue weighted by atomic mass is 10.2. The molecule has 1 atom stereocenters. The number of rotatable bonds is 4. The van der Waals surface area contributed by atoms with Gasteiger partial charge >= 0.3 is 12.0 Å². The molecule has 2 aromatic rings. The van der Waals surface area contributed by atoms with Gasteiger partial charge in [0.2, 0.25) is 10.0 Å². The Bertz CT molecular complexity index is 935. The molecule has 28 heavy (non-hydrogen) atoms. The fraction of sp³-hybridized carbons (Fsp3) is 0.263. The van der Waals surface area contributed by atoms with Gasteiger partial charge in [0.25, 0.3) is 0 Å². The summed E-state index contributed by atoms with van der Waals surface area (Å²) in [6, 6.07) is 15.2. The van der Waals surface area contributed by atoms with E-state index in [0.717, 1.165) is 4.31 Å². The van der Waals surface area contributed by atoms with Crippen LogP contribution in [-0.2, 0) is 19.6 Å². The van der Waals surface area contributed by atoms with Gasteiger partial charge in [-0.3, -0.25) is 4.79 Å². The Kier molecular flexibility index (Phi) is 5.96. The van der Waals surface area contributed by atoms with Crippen LogP contribution in [0.1, 0.15) is 0 Å². The van der Waals surface area contributed by atoms with Crippen molar-refractivity contribution in [2.45, 2.75) is 10.9 Å². The Labute approximate surface area is 163 Å². The number of carbonyl (C=O) groups is 2. The van der Waals surface area contributed by atoms with E-state index >= 15 is 0 Å². The summed E-state index contributed by atoms with van der Waals surface area (Å²) >= 11 is 0. The smallest absolute Gasteiger partial charge is 0.326 e. The third-order valence-electron chi connectivity index (χ3n) is 4.47. The molecule has 1 saturated heterocycles. The third kappa shape index (κ3) is 4.15. The van der Waals surface area contributed by atoms with Crippen molar-refractivity contribution in [3.8, 4) is 0 Å². The van der Waals surface area contributed by atoms with Gasteiger partial charge in [0, 0.05) is 25.3 Å². The fourth-order valence-electron chi connectivity index (χ4n) is 3.02. The zero-order valence-electron chi connectivity index (χ0n) is 15.3. The summed E-state index contributed by atoms with van der Waals surface area (Å²) in [4.78, 5) is 26.3. The van der Waals surface area contributed by atoms with E-state index in [-0.39, 0.29) is 24.5 Å². The number of nitrogens with one attached hydrogen (secondary N) is 1. The first-order chi connectivity index (χ1) is 13.4. The number of ether oxygens (including phenoxy) is 1. The molecule has 9 heteroatoms. The Hall–Kier alpha value is -2.91. The first-order valence-electron chi connectivity index (χ1n) is 8.69. The second-order valence-electron chi connectivity index (χ2n) is 6.21. The molecule has 1 heterocycles. The van der Waals surface area contributed by atoms with Crippen LogP contribution < -0.4 is 5.32 Å². The number of piperazine rings is 1. The summed E-state index contributed by atoms with van der Waals surface area (Å²) in [5, 5.41) is 2.74. The molecule has 1 fully saturated rings. The lowest BCUT2D eigenvalue weighted by Crippen LogP contribution is -2.60. The van der Waals surface area contributed by atoms with Gasteiger partial charge in [-0.15, -0.1) is 0 Å². The zero-order valence-corrected chi connectivity index (χ0v) is 16.1. The van der Waals surface area contributed by atoms with E-state index in [1.54, 1.807) is 42.5 Å². The molecular formula is C19H21N3O5S. The molecule has 0 bridgehead atoms. The molecule has 148 valence electrons. The number of urea groups is 1. The molecule has 2 aromatic carbocycles. The van der Waals surface area contributed by atoms with Crippen LogP contribution >= 0.6 is 0 Å². The van der Waals surface area contributed by atoms with E-state index in [4.69, 9.17) is 4.74 Å². The number of esters is 1. The lowest BCUT2D eigenvalue weighted by molar-refractivity contribution is -0.146. The Morgan fingerprint density at radius 1 is 1.00 bits per heavy atom. The second-order valence-corrected chi connectivity index (χ2v) is 8.10. The van der Waals surface area contributed by atoms with E-state index < -0.39 is 28.1 Å². The van der Waals surface area contributed by atoms with Gasteiger partial charge in [0.15, 0.2) is 0 Å². The summed E-state index contributed by atoms with van der Waals surface area (Å²) in [6.45, 7) is 0.0365. The molecule has 2 amide bonds. The van der Waals surface area contributed by atoms with Crippen LogP contribution in [0.15, 0.2) is 65.6 Å². The van der Waals surface area contributed by atoms with Crippen molar-refractivity contribution >= 4 is 27.7 Å². The van der Waals surface area contributed by atoms with E-state index in [9.17, 15) is 18.0 Å². The maximum absolute atomic E-state index is 13.0. The minimum absolute atomic E-state index is 0.0147. The van der Waals surface area contributed by atoms with Gasteiger partial charge in [-0.1, -0.05) is 36.4 Å². The quantitative estimate of drug-likeness (QED) is 0.785. The average molecular weight is 403 g/mol. The van der Waals surface area contributed by atoms with Crippen LogP contribution in [0.5, 0.6) is 0 Å². The van der Waals surface area contributed by atoms with Gasteiger partial charge in [0.05, 0.1) is 12.0 Å². The number of nitrogens with zero attached hydrogens (tertiary/aromatic N) is 2. The van der Waals surface area contributed by atoms with Crippen molar-refractivity contribution in [3.63, 3.8) is 0 Å². The second kappa shape index (κ2) is 8.41. The minimum Gasteiger partial charge on any atom is -0.468 e. The number of para-hydroxylation sites is 1. The molecule has 1 N–H and O–H groups in total. The van der Waals surface area contributed by atoms with E-state index in [2.05, 4.69) is 5.32 Å². The number of sulfonamides is 1. The predicted molar refractivity (Wildman–Crippen MR) is 103 cm³/mol. The van der Waals surface area contributed by atoms with Crippen LogP contribution in [0.2, 0.25) is 0 Å². The number of anilines is 1. The van der Waals surface area contributed by atoms with Crippen molar-refractivity contribution in [3.05, 3.63) is 60.7 Å². The van der Waals surface area contributed by atoms with Gasteiger partial charge in [0.1, 0.15) is 6.04 Å². The van der Waals surface area contributed by atoms with Crippen molar-refractivity contribution in [1.82, 2.24) is 9.21 Å². The summed E-state index contributed by atoms with van der Waals surface area (Å²) in [5.41, 5.74) is 0.612. The maximum atomic E-state index is 13.0. The Morgan fingerprint density at radius 2 is 1.61 bits per heavy atom. The number of amides is 2. The minimum atomic E-state index is -3.90. The van der Waals surface area contributed by atoms with Crippen LogP contribution in [0.4, 0.5) is 10.5 Å². The van der Waals surface area contributed by atoms with Crippen LogP contribution in [0.3, 0.4) is 0 Å². The highest BCUT2D eigenvalue weighted by Gasteiger charge is 2.42. The number of methoxy groups -OCH3 is 1. The van der Waals surface area contributed by atoms with Gasteiger partial charge < -0.3 is 15.0 Å². The molecule has 0 saturated carbocycles. The van der Waals surface area contributed by atoms with Crippen molar-refractivity contribution < 1.29 is 22.7 Å². The first kappa shape index (κ1) is 19.8. The molecule has 1 aliphatic rings. The van der Waals surface area contributed by atoms with E-state index in [1.807, 2.05) is 6.07 Å². The average Bonchev–Trinajstić information content (AvgIpc) is 2.74. The maximum Gasteiger partial charge on any atom is 0.326 e. The monoisotopic (exact) mass is 403 g/mol. The highest BCUT2D eigenvalue weighted by atomic mass is 32.2. The van der Waals surface area contributed by atoms with Crippen molar-refractivity contribution in [1.29, 1.82) is 0 Å². The summed E-state index contributed by atoms with van der Waals surface area (Å²) in [7, 11) is -2.71. The zero-order chi connectivity index (χ0) is 20.1. The first-order valence-corrected chi connectivity index (χ1v) is 10.1. The molecule has 8 nitrogen and oxygen atoms in total. The summed E-state index contributed by atoms with van der Waals surface area (Å²) in [6.07, 6.45) is 0. The van der Waals surface area contributed by atoms with E-state index in [1.165, 1.54) is 24.1 Å². The molecule has 0 spiro atoms. The molecule has 0 aliphatic carbocycles. The molecule has 1 unspecified atom stereocenters. The largest absolute Gasteiger partial charge is 0.468 e. The highest BCUT2D eigenvalue weighted by Crippen LogP contribution is 2.22. The summed E-state index contributed by atoms with van der Waals surface area (Å²) < 4.78 is 31.9. The number of hydrogen-bond donors (Lipinski definition) is 1. The number of hydrogen-bond acceptors (Lipinski definition) is 5. The standard InChI is InChI=1S/C19H21N3O5S/c1-27-18(23)17-14-21(19(24)20-15-8-4-2-5-9-15)12-13-22(17)28(25,26)16-10-6-3-7-11-16/h2-11,17H,12-14H2,1H3,(H,20,24). The molecule has 0 aromatic heterocycles. The van der Waals surface area contributed by atoms with Crippen molar-refractivity contribution in [2.75, 3.05) is 32.1 Å². The predicted octanol–water partition coefficient (Wildman–Crippen LogP) is 1.77. The van der Waals surface area contributed by atoms with Crippen molar-refractivity contribution in [2.24, 2.45) is 0 Å². The summed E-state index contributed by atoms with van der Waals surface area (Å²) in [5.74, 6) is -0.711. The number of carbonyl (C=O) groups excluding carboxylic acids is 2. The SMILES string of the molecule is COC(=O)C1CN(C(=O)Nc2ccccc2)CCN1S(=O)(=O)c1ccccc1. The van der Waals surface area contributed by atoms with Crippen LogP contribution in [-0.4, -0.2) is 62.4 Å². The Balaban J connectivity index is 1.80.